The van der Waals surface area contributed by atoms with Gasteiger partial charge in [-0.2, -0.15) is 0 Å². The molecule has 1 saturated carbocycles. The van der Waals surface area contributed by atoms with Crippen molar-refractivity contribution < 1.29 is 23.4 Å². The highest BCUT2D eigenvalue weighted by Crippen LogP contribution is 2.44. The Morgan fingerprint density at radius 3 is 2.62 bits per heavy atom. The molecule has 2 heterocycles. The highest BCUT2D eigenvalue weighted by atomic mass is 19.3. The van der Waals surface area contributed by atoms with Crippen LogP contribution >= 0.6 is 0 Å². The van der Waals surface area contributed by atoms with Gasteiger partial charge in [0, 0.05) is 24.6 Å². The first-order valence-corrected chi connectivity index (χ1v) is 8.35. The van der Waals surface area contributed by atoms with E-state index in [1.807, 2.05) is 6.92 Å². The van der Waals surface area contributed by atoms with Crippen molar-refractivity contribution in [3.8, 4) is 5.88 Å². The number of nitrogens with zero attached hydrogens (tertiary/aromatic N) is 2. The van der Waals surface area contributed by atoms with Crippen molar-refractivity contribution in [3.63, 3.8) is 0 Å². The number of aryl methyl sites for hydroxylation is 1. The van der Waals surface area contributed by atoms with Crippen LogP contribution in [0.25, 0.3) is 0 Å². The van der Waals surface area contributed by atoms with E-state index in [1.54, 1.807) is 12.1 Å². The maximum absolute atomic E-state index is 13.1. The number of alkyl halides is 2. The van der Waals surface area contributed by atoms with E-state index in [0.717, 1.165) is 25.7 Å². The fraction of sp³-hybridized carbons (Fsp3) is 0.647. The van der Waals surface area contributed by atoms with Crippen LogP contribution in [-0.2, 0) is 6.42 Å². The van der Waals surface area contributed by atoms with E-state index in [-0.39, 0.29) is 23.1 Å². The number of halogens is 2. The molecule has 1 N–H and O–H groups in total. The number of likely N-dealkylation sites (tertiary alicyclic amines) is 1. The van der Waals surface area contributed by atoms with Crippen LogP contribution in [-0.4, -0.2) is 40.3 Å². The van der Waals surface area contributed by atoms with E-state index >= 15 is 0 Å². The number of ether oxygens (including phenoxy) is 1. The van der Waals surface area contributed by atoms with Crippen molar-refractivity contribution in [1.82, 2.24) is 9.88 Å². The van der Waals surface area contributed by atoms with Crippen molar-refractivity contribution in [1.29, 1.82) is 0 Å². The molecule has 1 amide bonds. The first-order chi connectivity index (χ1) is 11.4. The molecule has 0 atom stereocenters. The van der Waals surface area contributed by atoms with Crippen LogP contribution in [0.1, 0.15) is 50.3 Å². The van der Waals surface area contributed by atoms with Crippen molar-refractivity contribution in [2.75, 3.05) is 13.1 Å². The van der Waals surface area contributed by atoms with Gasteiger partial charge in [-0.05, 0) is 37.7 Å². The SMILES string of the molecule is CCc1ccc(OC2CCC3(CC2)CN(C(=O)O)C3)nc1C(F)F. The molecule has 0 aromatic carbocycles. The van der Waals surface area contributed by atoms with Crippen LogP contribution in [0.15, 0.2) is 12.1 Å². The van der Waals surface area contributed by atoms with Crippen molar-refractivity contribution >= 4 is 6.09 Å². The molecule has 1 spiro atoms. The summed E-state index contributed by atoms with van der Waals surface area (Å²) in [6, 6.07) is 3.31. The van der Waals surface area contributed by atoms with Crippen molar-refractivity contribution in [2.45, 2.75) is 51.6 Å². The zero-order valence-corrected chi connectivity index (χ0v) is 13.7. The molecule has 5 nitrogen and oxygen atoms in total. The molecule has 1 aromatic rings. The van der Waals surface area contributed by atoms with Gasteiger partial charge in [-0.3, -0.25) is 0 Å². The van der Waals surface area contributed by atoms with Crippen LogP contribution in [0, 0.1) is 5.41 Å². The van der Waals surface area contributed by atoms with E-state index in [2.05, 4.69) is 4.98 Å². The molecule has 132 valence electrons. The molecular weight excluding hydrogens is 318 g/mol. The van der Waals surface area contributed by atoms with Crippen LogP contribution in [0.3, 0.4) is 0 Å². The average molecular weight is 340 g/mol. The van der Waals surface area contributed by atoms with Gasteiger partial charge >= 0.3 is 6.09 Å². The Balaban J connectivity index is 1.57. The standard InChI is InChI=1S/C17H22F2N2O3/c1-2-11-3-4-13(20-14(11)15(18)19)24-12-5-7-17(8-6-12)9-21(10-17)16(22)23/h3-4,12,15H,2,5-10H2,1H3,(H,22,23). The summed E-state index contributed by atoms with van der Waals surface area (Å²) in [4.78, 5) is 16.3. The monoisotopic (exact) mass is 340 g/mol. The van der Waals surface area contributed by atoms with Crippen LogP contribution < -0.4 is 4.74 Å². The minimum absolute atomic E-state index is 0.0417. The van der Waals surface area contributed by atoms with E-state index in [4.69, 9.17) is 9.84 Å². The fourth-order valence-electron chi connectivity index (χ4n) is 3.75. The maximum Gasteiger partial charge on any atom is 0.407 e. The van der Waals surface area contributed by atoms with E-state index in [9.17, 15) is 13.6 Å². The van der Waals surface area contributed by atoms with E-state index in [0.29, 0.717) is 25.1 Å². The number of hydrogen-bond donors (Lipinski definition) is 1. The van der Waals surface area contributed by atoms with Gasteiger partial charge in [-0.1, -0.05) is 13.0 Å². The minimum atomic E-state index is -2.60. The lowest BCUT2D eigenvalue weighted by Crippen LogP contribution is -2.59. The van der Waals surface area contributed by atoms with Crippen LogP contribution in [0.2, 0.25) is 0 Å². The predicted octanol–water partition coefficient (Wildman–Crippen LogP) is 3.88. The normalized spacial score (nSPS) is 20.2. The third-order valence-electron chi connectivity index (χ3n) is 5.18. The molecule has 7 heteroatoms. The molecule has 1 aliphatic heterocycles. The zero-order valence-electron chi connectivity index (χ0n) is 13.7. The lowest BCUT2D eigenvalue weighted by atomic mass is 9.68. The maximum atomic E-state index is 13.1. The second-order valence-corrected chi connectivity index (χ2v) is 6.80. The number of hydrogen-bond acceptors (Lipinski definition) is 3. The highest BCUT2D eigenvalue weighted by Gasteiger charge is 2.47. The number of carbonyl (C=O) groups is 1. The smallest absolute Gasteiger partial charge is 0.407 e. The molecule has 24 heavy (non-hydrogen) atoms. The van der Waals surface area contributed by atoms with E-state index < -0.39 is 12.5 Å². The Hall–Kier alpha value is -1.92. The van der Waals surface area contributed by atoms with Crippen molar-refractivity contribution in [3.05, 3.63) is 23.4 Å². The number of aromatic nitrogens is 1. The number of rotatable bonds is 4. The Labute approximate surface area is 139 Å². The summed E-state index contributed by atoms with van der Waals surface area (Å²) in [5.41, 5.74) is 0.438. The predicted molar refractivity (Wildman–Crippen MR) is 83.5 cm³/mol. The molecule has 0 bridgehead atoms. The van der Waals surface area contributed by atoms with Gasteiger partial charge < -0.3 is 14.7 Å². The molecule has 1 aliphatic carbocycles. The summed E-state index contributed by atoms with van der Waals surface area (Å²) >= 11 is 0. The Kier molecular flexibility index (Phi) is 4.60. The molecule has 0 unspecified atom stereocenters. The summed E-state index contributed by atoms with van der Waals surface area (Å²) < 4.78 is 31.9. The van der Waals surface area contributed by atoms with E-state index in [1.165, 1.54) is 4.90 Å². The summed E-state index contributed by atoms with van der Waals surface area (Å²) in [5.74, 6) is 0.254. The summed E-state index contributed by atoms with van der Waals surface area (Å²) in [7, 11) is 0. The molecule has 1 aromatic heterocycles. The second kappa shape index (κ2) is 6.53. The topological polar surface area (TPSA) is 62.7 Å². The van der Waals surface area contributed by atoms with Crippen LogP contribution in [0.5, 0.6) is 5.88 Å². The quantitative estimate of drug-likeness (QED) is 0.903. The molecule has 0 radical (unpaired) electrons. The molecule has 3 rings (SSSR count). The van der Waals surface area contributed by atoms with Gasteiger partial charge in [0.25, 0.3) is 6.43 Å². The van der Waals surface area contributed by atoms with Gasteiger partial charge in [0.15, 0.2) is 0 Å². The first kappa shape index (κ1) is 16.9. The highest BCUT2D eigenvalue weighted by molar-refractivity contribution is 5.66. The summed E-state index contributed by atoms with van der Waals surface area (Å²) in [6.45, 7) is 3.01. The van der Waals surface area contributed by atoms with Gasteiger partial charge in [0.05, 0.1) is 0 Å². The molecule has 2 fully saturated rings. The summed E-state index contributed by atoms with van der Waals surface area (Å²) in [5, 5.41) is 8.94. The van der Waals surface area contributed by atoms with Gasteiger partial charge in [-0.25, -0.2) is 18.6 Å². The number of pyridine rings is 1. The first-order valence-electron chi connectivity index (χ1n) is 8.35. The zero-order chi connectivity index (χ0) is 17.3. The average Bonchev–Trinajstić information content (AvgIpc) is 2.53. The molecule has 2 aliphatic rings. The van der Waals surface area contributed by atoms with Crippen LogP contribution in [0.4, 0.5) is 13.6 Å². The second-order valence-electron chi connectivity index (χ2n) is 6.80. The number of carboxylic acid groups (broad SMARTS) is 1. The fourth-order valence-corrected chi connectivity index (χ4v) is 3.75. The lowest BCUT2D eigenvalue weighted by Gasteiger charge is -2.52. The Morgan fingerprint density at radius 2 is 2.08 bits per heavy atom. The third-order valence-corrected chi connectivity index (χ3v) is 5.18. The van der Waals surface area contributed by atoms with Gasteiger partial charge in [0.2, 0.25) is 5.88 Å². The lowest BCUT2D eigenvalue weighted by molar-refractivity contribution is -0.0375. The van der Waals surface area contributed by atoms with Gasteiger partial charge in [0.1, 0.15) is 11.8 Å². The van der Waals surface area contributed by atoms with Crippen molar-refractivity contribution in [2.24, 2.45) is 5.41 Å². The van der Waals surface area contributed by atoms with Gasteiger partial charge in [-0.15, -0.1) is 0 Å². The Bertz CT molecular complexity index is 608. The largest absolute Gasteiger partial charge is 0.474 e. The molecule has 1 saturated heterocycles. The Morgan fingerprint density at radius 1 is 1.42 bits per heavy atom. The summed E-state index contributed by atoms with van der Waals surface area (Å²) in [6.07, 6.45) is 0.406. The number of amides is 1. The minimum Gasteiger partial charge on any atom is -0.474 e. The molecular formula is C17H22F2N2O3. The third kappa shape index (κ3) is 3.30.